The molecule has 2 aromatic rings. The maximum atomic E-state index is 13.5. The van der Waals surface area contributed by atoms with Crippen LogP contribution in [0.2, 0.25) is 0 Å². The van der Waals surface area contributed by atoms with Gasteiger partial charge in [-0.1, -0.05) is 12.1 Å². The number of sulfonamides is 1. The minimum atomic E-state index is -4.75. The molecule has 0 unspecified atom stereocenters. The molecule has 8 nitrogen and oxygen atoms in total. The minimum absolute atomic E-state index is 0.0228. The van der Waals surface area contributed by atoms with Crippen molar-refractivity contribution in [2.24, 2.45) is 0 Å². The first-order valence-electron chi connectivity index (χ1n) is 10.9. The van der Waals surface area contributed by atoms with E-state index in [1.165, 1.54) is 19.2 Å². The van der Waals surface area contributed by atoms with E-state index in [2.05, 4.69) is 4.74 Å². The van der Waals surface area contributed by atoms with Crippen LogP contribution in [0.1, 0.15) is 38.3 Å². The van der Waals surface area contributed by atoms with Crippen molar-refractivity contribution in [2.75, 3.05) is 18.0 Å². The van der Waals surface area contributed by atoms with Crippen molar-refractivity contribution in [1.29, 1.82) is 0 Å². The zero-order valence-corrected chi connectivity index (χ0v) is 20.9. The van der Waals surface area contributed by atoms with Crippen molar-refractivity contribution >= 4 is 27.6 Å². The Balaban J connectivity index is 2.04. The quantitative estimate of drug-likeness (QED) is 0.520. The SMILES string of the molecule is COC(=O)C[C@H]1CN(S(=O)(=O)c2cccc(C(F)(F)F)c2)c2cc(CC(=O)OC(C)(C)C)ccc2O1. The van der Waals surface area contributed by atoms with E-state index in [4.69, 9.17) is 9.47 Å². The van der Waals surface area contributed by atoms with Crippen molar-refractivity contribution in [3.8, 4) is 5.75 Å². The lowest BCUT2D eigenvalue weighted by molar-refractivity contribution is -0.154. The van der Waals surface area contributed by atoms with Gasteiger partial charge in [-0.25, -0.2) is 8.42 Å². The van der Waals surface area contributed by atoms with Crippen molar-refractivity contribution < 1.29 is 45.4 Å². The number of ether oxygens (including phenoxy) is 3. The molecule has 36 heavy (non-hydrogen) atoms. The summed E-state index contributed by atoms with van der Waals surface area (Å²) in [6.45, 7) is 4.75. The highest BCUT2D eigenvalue weighted by Crippen LogP contribution is 2.39. The molecule has 1 aliphatic heterocycles. The lowest BCUT2D eigenvalue weighted by Crippen LogP contribution is -2.44. The molecule has 2 aromatic carbocycles. The van der Waals surface area contributed by atoms with Crippen LogP contribution in [0.3, 0.4) is 0 Å². The van der Waals surface area contributed by atoms with Gasteiger partial charge >= 0.3 is 18.1 Å². The number of alkyl halides is 3. The van der Waals surface area contributed by atoms with Gasteiger partial charge in [-0.2, -0.15) is 13.2 Å². The van der Waals surface area contributed by atoms with Gasteiger partial charge in [0.25, 0.3) is 10.0 Å². The van der Waals surface area contributed by atoms with Gasteiger partial charge < -0.3 is 14.2 Å². The number of hydrogen-bond acceptors (Lipinski definition) is 7. The molecule has 0 fully saturated rings. The third-order valence-electron chi connectivity index (χ3n) is 5.09. The molecule has 1 aliphatic rings. The monoisotopic (exact) mass is 529 g/mol. The maximum absolute atomic E-state index is 13.5. The van der Waals surface area contributed by atoms with Crippen LogP contribution in [0.4, 0.5) is 18.9 Å². The van der Waals surface area contributed by atoms with Gasteiger partial charge in [0.1, 0.15) is 17.5 Å². The largest absolute Gasteiger partial charge is 0.486 e. The highest BCUT2D eigenvalue weighted by molar-refractivity contribution is 7.92. The minimum Gasteiger partial charge on any atom is -0.486 e. The highest BCUT2D eigenvalue weighted by atomic mass is 32.2. The number of carbonyl (C=O) groups excluding carboxylic acids is 2. The Morgan fingerprint density at radius 1 is 1.08 bits per heavy atom. The molecule has 1 atom stereocenters. The summed E-state index contributed by atoms with van der Waals surface area (Å²) in [6, 6.07) is 7.75. The van der Waals surface area contributed by atoms with Gasteiger partial charge in [-0.15, -0.1) is 0 Å². The van der Waals surface area contributed by atoms with Crippen LogP contribution in [0.25, 0.3) is 0 Å². The fraction of sp³-hybridized carbons (Fsp3) is 0.417. The molecule has 196 valence electrons. The standard InChI is InChI=1S/C24H26F3NO7S/c1-23(2,3)35-22(30)11-15-8-9-20-19(10-15)28(14-17(34-20)13-21(29)33-4)36(31,32)18-7-5-6-16(12-18)24(25,26)27/h5-10,12,17H,11,13-14H2,1-4H3/t17-/m0/s1. The first kappa shape index (κ1) is 27.3. The second-order valence-corrected chi connectivity index (χ2v) is 11.0. The first-order chi connectivity index (χ1) is 16.6. The van der Waals surface area contributed by atoms with E-state index < -0.39 is 50.3 Å². The van der Waals surface area contributed by atoms with E-state index in [-0.39, 0.29) is 30.8 Å². The summed E-state index contributed by atoms with van der Waals surface area (Å²) in [7, 11) is -3.36. The van der Waals surface area contributed by atoms with Crippen LogP contribution in [0, 0.1) is 0 Å². The number of rotatable bonds is 6. The molecule has 0 N–H and O–H groups in total. The number of nitrogens with zero attached hydrogens (tertiary/aromatic N) is 1. The van der Waals surface area contributed by atoms with E-state index in [1.807, 2.05) is 0 Å². The topological polar surface area (TPSA) is 99.2 Å². The number of hydrogen-bond donors (Lipinski definition) is 0. The van der Waals surface area contributed by atoms with E-state index in [0.29, 0.717) is 11.6 Å². The van der Waals surface area contributed by atoms with E-state index in [9.17, 15) is 31.2 Å². The lowest BCUT2D eigenvalue weighted by Gasteiger charge is -2.35. The van der Waals surface area contributed by atoms with Crippen molar-refractivity contribution in [3.05, 3.63) is 53.6 Å². The summed E-state index contributed by atoms with van der Waals surface area (Å²) < 4.78 is 83.5. The summed E-state index contributed by atoms with van der Waals surface area (Å²) in [4.78, 5) is 23.5. The molecule has 0 bridgehead atoms. The molecule has 0 radical (unpaired) electrons. The third kappa shape index (κ3) is 6.48. The fourth-order valence-electron chi connectivity index (χ4n) is 3.58. The Kier molecular flexibility index (Phi) is 7.58. The Labute approximate surface area is 207 Å². The molecule has 0 saturated heterocycles. The van der Waals surface area contributed by atoms with Crippen molar-refractivity contribution in [2.45, 2.75) is 56.4 Å². The second kappa shape index (κ2) is 10.00. The van der Waals surface area contributed by atoms with E-state index in [0.717, 1.165) is 22.5 Å². The summed E-state index contributed by atoms with van der Waals surface area (Å²) in [5.74, 6) is -1.12. The van der Waals surface area contributed by atoms with Crippen LogP contribution in [0.5, 0.6) is 5.75 Å². The smallest absolute Gasteiger partial charge is 0.416 e. The van der Waals surface area contributed by atoms with Gasteiger partial charge in [0.15, 0.2) is 0 Å². The van der Waals surface area contributed by atoms with Crippen LogP contribution in [-0.2, 0) is 41.7 Å². The molecule has 1 heterocycles. The lowest BCUT2D eigenvalue weighted by atomic mass is 10.1. The zero-order chi connectivity index (χ0) is 26.9. The first-order valence-corrected chi connectivity index (χ1v) is 12.3. The van der Waals surface area contributed by atoms with Gasteiger partial charge in [-0.05, 0) is 56.7 Å². The third-order valence-corrected chi connectivity index (χ3v) is 6.87. The Morgan fingerprint density at radius 3 is 2.39 bits per heavy atom. The molecule has 3 rings (SSSR count). The predicted octanol–water partition coefficient (Wildman–Crippen LogP) is 4.11. The Morgan fingerprint density at radius 2 is 1.78 bits per heavy atom. The molecular weight excluding hydrogens is 503 g/mol. The van der Waals surface area contributed by atoms with Gasteiger partial charge in [-0.3, -0.25) is 13.9 Å². The van der Waals surface area contributed by atoms with Gasteiger partial charge in [0.2, 0.25) is 0 Å². The number of halogens is 3. The fourth-order valence-corrected chi connectivity index (χ4v) is 5.12. The number of benzene rings is 2. The summed E-state index contributed by atoms with van der Waals surface area (Å²) in [6.07, 6.45) is -6.16. The highest BCUT2D eigenvalue weighted by Gasteiger charge is 2.38. The summed E-state index contributed by atoms with van der Waals surface area (Å²) in [5.41, 5.74) is -1.42. The average Bonchev–Trinajstić information content (AvgIpc) is 2.76. The number of anilines is 1. The number of carbonyl (C=O) groups is 2. The van der Waals surface area contributed by atoms with Crippen molar-refractivity contribution in [3.63, 3.8) is 0 Å². The predicted molar refractivity (Wildman–Crippen MR) is 123 cm³/mol. The molecule has 0 aromatic heterocycles. The van der Waals surface area contributed by atoms with Crippen molar-refractivity contribution in [1.82, 2.24) is 0 Å². The average molecular weight is 530 g/mol. The summed E-state index contributed by atoms with van der Waals surface area (Å²) >= 11 is 0. The zero-order valence-electron chi connectivity index (χ0n) is 20.1. The molecule has 0 saturated carbocycles. The Hall–Kier alpha value is -3.28. The molecule has 0 spiro atoms. The van der Waals surface area contributed by atoms with Crippen LogP contribution in [0.15, 0.2) is 47.4 Å². The molecular formula is C24H26F3NO7S. The summed E-state index contributed by atoms with van der Waals surface area (Å²) in [5, 5.41) is 0. The van der Waals surface area contributed by atoms with Gasteiger partial charge in [0, 0.05) is 0 Å². The van der Waals surface area contributed by atoms with Gasteiger partial charge in [0.05, 0.1) is 42.6 Å². The number of esters is 2. The number of fused-ring (bicyclic) bond motifs is 1. The van der Waals surface area contributed by atoms with Crippen LogP contribution < -0.4 is 9.04 Å². The molecule has 0 amide bonds. The normalized spacial score (nSPS) is 16.1. The maximum Gasteiger partial charge on any atom is 0.416 e. The van der Waals surface area contributed by atoms with Crippen LogP contribution >= 0.6 is 0 Å². The molecule has 12 heteroatoms. The van der Waals surface area contributed by atoms with E-state index in [1.54, 1.807) is 26.8 Å². The second-order valence-electron chi connectivity index (χ2n) is 9.15. The number of methoxy groups -OCH3 is 1. The Bertz CT molecular complexity index is 1250. The van der Waals surface area contributed by atoms with E-state index >= 15 is 0 Å². The van der Waals surface area contributed by atoms with Crippen LogP contribution in [-0.4, -0.2) is 45.7 Å². The molecule has 0 aliphatic carbocycles.